The molecular weight excluding hydrogens is 272 g/mol. The van der Waals surface area contributed by atoms with E-state index in [0.717, 1.165) is 18.8 Å². The Bertz CT molecular complexity index is 404. The lowest BCUT2D eigenvalue weighted by molar-refractivity contribution is -0.139. The van der Waals surface area contributed by atoms with Crippen LogP contribution in [-0.2, 0) is 9.59 Å². The average molecular weight is 298 g/mol. The van der Waals surface area contributed by atoms with Crippen LogP contribution in [0.5, 0.6) is 0 Å². The Morgan fingerprint density at radius 2 is 1.81 bits per heavy atom. The smallest absolute Gasteiger partial charge is 0.305 e. The average Bonchev–Trinajstić information content (AvgIpc) is 2.97. The van der Waals surface area contributed by atoms with Gasteiger partial charge >= 0.3 is 5.97 Å². The molecule has 2 aliphatic carbocycles. The molecular formula is C15H26N2O4. The fraction of sp³-hybridized carbons (Fsp3) is 0.867. The van der Waals surface area contributed by atoms with Gasteiger partial charge in [0.15, 0.2) is 5.78 Å². The summed E-state index contributed by atoms with van der Waals surface area (Å²) in [5, 5.41) is 18.9. The second-order valence-electron chi connectivity index (χ2n) is 6.96. The molecule has 2 unspecified atom stereocenters. The number of aliphatic hydroxyl groups is 1. The van der Waals surface area contributed by atoms with E-state index in [0.29, 0.717) is 6.42 Å². The van der Waals surface area contributed by atoms with Crippen LogP contribution in [0, 0.1) is 11.3 Å². The summed E-state index contributed by atoms with van der Waals surface area (Å²) >= 11 is 0. The van der Waals surface area contributed by atoms with Crippen molar-refractivity contribution >= 4 is 11.8 Å². The van der Waals surface area contributed by atoms with Crippen molar-refractivity contribution in [3.63, 3.8) is 0 Å². The van der Waals surface area contributed by atoms with Crippen molar-refractivity contribution in [2.24, 2.45) is 22.8 Å². The number of ketones is 1. The first kappa shape index (κ1) is 16.4. The normalized spacial score (nSPS) is 31.9. The number of carboxylic acids is 1. The van der Waals surface area contributed by atoms with Gasteiger partial charge in [-0.3, -0.25) is 9.59 Å². The lowest BCUT2D eigenvalue weighted by atomic mass is 9.77. The molecule has 6 N–H and O–H groups in total. The molecule has 21 heavy (non-hydrogen) atoms. The fourth-order valence-corrected chi connectivity index (χ4v) is 4.01. The number of carbonyl (C=O) groups is 2. The van der Waals surface area contributed by atoms with Gasteiger partial charge in [0, 0.05) is 12.5 Å². The molecule has 2 fully saturated rings. The van der Waals surface area contributed by atoms with Crippen LogP contribution in [0.25, 0.3) is 0 Å². The van der Waals surface area contributed by atoms with E-state index in [9.17, 15) is 14.7 Å². The summed E-state index contributed by atoms with van der Waals surface area (Å²) in [6, 6.07) is -1.70. The van der Waals surface area contributed by atoms with Crippen LogP contribution in [0.1, 0.15) is 51.4 Å². The minimum absolute atomic E-state index is 0.0604. The fourth-order valence-electron chi connectivity index (χ4n) is 4.01. The van der Waals surface area contributed by atoms with Gasteiger partial charge in [0.25, 0.3) is 0 Å². The SMILES string of the molecule is NC(CC(=O)[C@@H](N)CC(=O)O)C(O)CC12CCC(CC1)C2. The van der Waals surface area contributed by atoms with Crippen LogP contribution < -0.4 is 11.5 Å². The number of Topliss-reactive ketones (excluding diaryl/α,β-unsaturated/α-hetero) is 1. The van der Waals surface area contributed by atoms with E-state index in [-0.39, 0.29) is 11.8 Å². The summed E-state index contributed by atoms with van der Waals surface area (Å²) in [6.45, 7) is 0. The molecule has 0 saturated heterocycles. The Morgan fingerprint density at radius 3 is 2.29 bits per heavy atom. The van der Waals surface area contributed by atoms with E-state index < -0.39 is 36.4 Å². The number of aliphatic hydroxyl groups excluding tert-OH is 1. The highest BCUT2D eigenvalue weighted by atomic mass is 16.4. The minimum Gasteiger partial charge on any atom is -0.481 e. The first-order valence-electron chi connectivity index (χ1n) is 7.75. The van der Waals surface area contributed by atoms with Crippen molar-refractivity contribution in [3.8, 4) is 0 Å². The summed E-state index contributed by atoms with van der Waals surface area (Å²) < 4.78 is 0. The van der Waals surface area contributed by atoms with Crippen LogP contribution in [0.3, 0.4) is 0 Å². The molecule has 2 saturated carbocycles. The predicted molar refractivity (Wildman–Crippen MR) is 77.5 cm³/mol. The molecule has 0 amide bonds. The molecule has 0 aromatic heterocycles. The van der Waals surface area contributed by atoms with Crippen molar-refractivity contribution in [1.82, 2.24) is 0 Å². The highest BCUT2D eigenvalue weighted by Gasteiger charge is 2.46. The van der Waals surface area contributed by atoms with Gasteiger partial charge in [0.1, 0.15) is 0 Å². The van der Waals surface area contributed by atoms with E-state index in [1.165, 1.54) is 19.3 Å². The highest BCUT2D eigenvalue weighted by molar-refractivity contribution is 5.88. The van der Waals surface area contributed by atoms with Crippen LogP contribution in [-0.4, -0.2) is 40.2 Å². The van der Waals surface area contributed by atoms with Crippen molar-refractivity contribution in [1.29, 1.82) is 0 Å². The molecule has 6 nitrogen and oxygen atoms in total. The van der Waals surface area contributed by atoms with Gasteiger partial charge in [-0.25, -0.2) is 0 Å². The summed E-state index contributed by atoms with van der Waals surface area (Å²) in [5.41, 5.74) is 11.7. The van der Waals surface area contributed by atoms with Crippen LogP contribution in [0.4, 0.5) is 0 Å². The molecule has 3 atom stereocenters. The van der Waals surface area contributed by atoms with Crippen molar-refractivity contribution in [3.05, 3.63) is 0 Å². The van der Waals surface area contributed by atoms with Crippen LogP contribution in [0.2, 0.25) is 0 Å². The van der Waals surface area contributed by atoms with E-state index in [1.54, 1.807) is 0 Å². The molecule has 0 radical (unpaired) electrons. The van der Waals surface area contributed by atoms with Gasteiger partial charge < -0.3 is 21.7 Å². The molecule has 2 rings (SSSR count). The first-order chi connectivity index (χ1) is 9.81. The Morgan fingerprint density at radius 1 is 1.19 bits per heavy atom. The molecule has 6 heteroatoms. The van der Waals surface area contributed by atoms with Gasteiger partial charge in [0.2, 0.25) is 0 Å². The monoisotopic (exact) mass is 298 g/mol. The number of hydrogen-bond donors (Lipinski definition) is 4. The first-order valence-corrected chi connectivity index (χ1v) is 7.75. The maximum absolute atomic E-state index is 11.8. The third-order valence-corrected chi connectivity index (χ3v) is 5.27. The summed E-state index contributed by atoms with van der Waals surface area (Å²) in [4.78, 5) is 22.3. The number of aliphatic carboxylic acids is 1. The number of fused-ring (bicyclic) bond motifs is 2. The predicted octanol–water partition coefficient (Wildman–Crippen LogP) is 0.406. The summed E-state index contributed by atoms with van der Waals surface area (Å²) in [6.07, 6.45) is 5.41. The number of carboxylic acid groups (broad SMARTS) is 1. The van der Waals surface area contributed by atoms with Gasteiger partial charge in [-0.1, -0.05) is 0 Å². The zero-order valence-corrected chi connectivity index (χ0v) is 12.3. The summed E-state index contributed by atoms with van der Waals surface area (Å²) in [7, 11) is 0. The lowest BCUT2D eigenvalue weighted by Gasteiger charge is -2.31. The minimum atomic E-state index is -1.10. The van der Waals surface area contributed by atoms with Gasteiger partial charge in [0.05, 0.1) is 18.6 Å². The standard InChI is InChI=1S/C15H26N2O4/c16-10(5-12(18)11(17)6-14(20)21)13(19)8-15-3-1-9(7-15)2-4-15/h9-11,13,19H,1-8,16-17H2,(H,20,21)/t9?,10?,11-,13?,15?/m0/s1. The second-order valence-corrected chi connectivity index (χ2v) is 6.96. The molecule has 0 aromatic carbocycles. The van der Waals surface area contributed by atoms with E-state index in [2.05, 4.69) is 0 Å². The van der Waals surface area contributed by atoms with E-state index >= 15 is 0 Å². The maximum atomic E-state index is 11.8. The second kappa shape index (κ2) is 6.42. The zero-order chi connectivity index (χ0) is 15.6. The van der Waals surface area contributed by atoms with Crippen LogP contribution in [0.15, 0.2) is 0 Å². The Balaban J connectivity index is 1.81. The van der Waals surface area contributed by atoms with Gasteiger partial charge in [-0.2, -0.15) is 0 Å². The largest absolute Gasteiger partial charge is 0.481 e. The van der Waals surface area contributed by atoms with Crippen molar-refractivity contribution in [2.75, 3.05) is 0 Å². The topological polar surface area (TPSA) is 127 Å². The number of hydrogen-bond acceptors (Lipinski definition) is 5. The Labute approximate surface area is 124 Å². The summed E-state index contributed by atoms with van der Waals surface area (Å²) in [5.74, 6) is -0.692. The van der Waals surface area contributed by atoms with Crippen molar-refractivity contribution < 1.29 is 19.8 Å². The zero-order valence-electron chi connectivity index (χ0n) is 12.3. The Hall–Kier alpha value is -0.980. The molecule has 0 heterocycles. The van der Waals surface area contributed by atoms with Crippen molar-refractivity contribution in [2.45, 2.75) is 69.6 Å². The van der Waals surface area contributed by atoms with Crippen LogP contribution >= 0.6 is 0 Å². The van der Waals surface area contributed by atoms with E-state index in [4.69, 9.17) is 16.6 Å². The number of nitrogens with two attached hydrogens (primary N) is 2. The maximum Gasteiger partial charge on any atom is 0.305 e. The molecule has 0 aromatic rings. The molecule has 0 spiro atoms. The Kier molecular flexibility index (Phi) is 5.01. The number of rotatable bonds is 8. The van der Waals surface area contributed by atoms with E-state index in [1.807, 2.05) is 0 Å². The molecule has 120 valence electrons. The third-order valence-electron chi connectivity index (χ3n) is 5.27. The lowest BCUT2D eigenvalue weighted by Crippen LogP contribution is -2.43. The quantitative estimate of drug-likeness (QED) is 0.514. The molecule has 2 bridgehead atoms. The van der Waals surface area contributed by atoms with Gasteiger partial charge in [-0.15, -0.1) is 0 Å². The molecule has 2 aliphatic rings. The highest BCUT2D eigenvalue weighted by Crippen LogP contribution is 2.56. The van der Waals surface area contributed by atoms with Gasteiger partial charge in [-0.05, 0) is 49.9 Å². The number of carbonyl (C=O) groups excluding carboxylic acids is 1. The third kappa shape index (κ3) is 4.02. The molecule has 0 aliphatic heterocycles.